The number of hydrogen-bond acceptors (Lipinski definition) is 4. The first-order valence-corrected chi connectivity index (χ1v) is 7.18. The van der Waals surface area contributed by atoms with Crippen LogP contribution in [0.2, 0.25) is 5.02 Å². The van der Waals surface area contributed by atoms with Crippen molar-refractivity contribution in [2.24, 2.45) is 5.92 Å². The van der Waals surface area contributed by atoms with Crippen LogP contribution in [0.25, 0.3) is 0 Å². The third kappa shape index (κ3) is 3.61. The van der Waals surface area contributed by atoms with Crippen LogP contribution in [0.15, 0.2) is 18.2 Å². The summed E-state index contributed by atoms with van der Waals surface area (Å²) in [7, 11) is 0. The molecule has 2 rings (SSSR count). The Kier molecular flexibility index (Phi) is 4.50. The summed E-state index contributed by atoms with van der Waals surface area (Å²) in [6.07, 6.45) is 3.40. The number of anilines is 1. The van der Waals surface area contributed by atoms with Crippen molar-refractivity contribution in [1.29, 1.82) is 0 Å². The van der Waals surface area contributed by atoms with E-state index < -0.39 is 10.5 Å². The molecule has 110 valence electrons. The van der Waals surface area contributed by atoms with Crippen molar-refractivity contribution in [1.82, 2.24) is 0 Å². The zero-order valence-corrected chi connectivity index (χ0v) is 12.2. The summed E-state index contributed by atoms with van der Waals surface area (Å²) in [5.41, 5.74) is -0.459. The first-order valence-electron chi connectivity index (χ1n) is 6.80. The number of halogens is 1. The van der Waals surface area contributed by atoms with E-state index in [0.29, 0.717) is 23.2 Å². The van der Waals surface area contributed by atoms with Crippen LogP contribution in [-0.2, 0) is 0 Å². The van der Waals surface area contributed by atoms with Crippen LogP contribution >= 0.6 is 11.6 Å². The Labute approximate surface area is 123 Å². The highest BCUT2D eigenvalue weighted by atomic mass is 35.5. The number of aliphatic hydroxyl groups is 1. The molecule has 5 nitrogen and oxygen atoms in total. The molecule has 1 aliphatic carbocycles. The molecule has 0 heterocycles. The Morgan fingerprint density at radius 2 is 2.15 bits per heavy atom. The van der Waals surface area contributed by atoms with Gasteiger partial charge in [0.2, 0.25) is 0 Å². The summed E-state index contributed by atoms with van der Waals surface area (Å²) in [6.45, 7) is 2.48. The van der Waals surface area contributed by atoms with Crippen molar-refractivity contribution in [2.75, 3.05) is 11.9 Å². The number of nitro benzene ring substituents is 1. The van der Waals surface area contributed by atoms with Crippen molar-refractivity contribution in [2.45, 2.75) is 38.2 Å². The van der Waals surface area contributed by atoms with Gasteiger partial charge in [-0.3, -0.25) is 10.1 Å². The monoisotopic (exact) mass is 298 g/mol. The zero-order chi connectivity index (χ0) is 14.8. The lowest BCUT2D eigenvalue weighted by atomic mass is 9.79. The second-order valence-electron chi connectivity index (χ2n) is 5.68. The van der Waals surface area contributed by atoms with Crippen LogP contribution < -0.4 is 5.32 Å². The summed E-state index contributed by atoms with van der Waals surface area (Å²) >= 11 is 5.87. The van der Waals surface area contributed by atoms with Crippen molar-refractivity contribution >= 4 is 23.0 Å². The Bertz CT molecular complexity index is 499. The lowest BCUT2D eigenvalue weighted by Crippen LogP contribution is -2.40. The fourth-order valence-electron chi connectivity index (χ4n) is 2.55. The van der Waals surface area contributed by atoms with Crippen molar-refractivity contribution in [3.05, 3.63) is 33.3 Å². The fraction of sp³-hybridized carbons (Fsp3) is 0.571. The molecular weight excluding hydrogens is 280 g/mol. The van der Waals surface area contributed by atoms with E-state index in [4.69, 9.17) is 11.6 Å². The number of nitrogens with one attached hydrogen (secondary N) is 1. The van der Waals surface area contributed by atoms with E-state index in [0.717, 1.165) is 25.7 Å². The molecular formula is C14H19ClN2O3. The van der Waals surface area contributed by atoms with E-state index in [1.165, 1.54) is 18.2 Å². The normalized spacial score (nSPS) is 26.2. The molecule has 0 unspecified atom stereocenters. The van der Waals surface area contributed by atoms with Crippen molar-refractivity contribution in [3.8, 4) is 0 Å². The van der Waals surface area contributed by atoms with Crippen LogP contribution in [0, 0.1) is 16.0 Å². The molecule has 0 saturated heterocycles. The van der Waals surface area contributed by atoms with Gasteiger partial charge < -0.3 is 10.4 Å². The van der Waals surface area contributed by atoms with E-state index in [2.05, 4.69) is 12.2 Å². The van der Waals surface area contributed by atoms with Gasteiger partial charge in [0.15, 0.2) is 0 Å². The molecule has 1 saturated carbocycles. The molecule has 6 heteroatoms. The minimum absolute atomic E-state index is 0.0258. The van der Waals surface area contributed by atoms with Gasteiger partial charge in [0.25, 0.3) is 5.69 Å². The highest BCUT2D eigenvalue weighted by Crippen LogP contribution is 2.33. The zero-order valence-electron chi connectivity index (χ0n) is 11.4. The van der Waals surface area contributed by atoms with Crippen LogP contribution in [0.1, 0.15) is 32.6 Å². The van der Waals surface area contributed by atoms with Gasteiger partial charge in [-0.1, -0.05) is 18.5 Å². The van der Waals surface area contributed by atoms with Crippen LogP contribution in [0.3, 0.4) is 0 Å². The van der Waals surface area contributed by atoms with E-state index in [1.54, 1.807) is 0 Å². The summed E-state index contributed by atoms with van der Waals surface area (Å²) in [5, 5.41) is 24.9. The number of benzene rings is 1. The standard InChI is InChI=1S/C14H19ClN2O3/c1-10-4-6-14(18,7-5-10)9-16-12-8-11(15)2-3-13(12)17(19)20/h2-3,8,10,16,18H,4-7,9H2,1H3. The van der Waals surface area contributed by atoms with E-state index in [9.17, 15) is 15.2 Å². The average Bonchev–Trinajstić information content (AvgIpc) is 2.40. The van der Waals surface area contributed by atoms with Gasteiger partial charge in [-0.25, -0.2) is 0 Å². The third-order valence-corrected chi connectivity index (χ3v) is 4.20. The van der Waals surface area contributed by atoms with E-state index in [1.807, 2.05) is 0 Å². The maximum absolute atomic E-state index is 11.0. The SMILES string of the molecule is CC1CCC(O)(CNc2cc(Cl)ccc2[N+](=O)[O-])CC1. The summed E-state index contributed by atoms with van der Waals surface area (Å²) < 4.78 is 0. The molecule has 1 aliphatic rings. The minimum Gasteiger partial charge on any atom is -0.388 e. The van der Waals surface area contributed by atoms with E-state index >= 15 is 0 Å². The predicted octanol–water partition coefficient (Wildman–Crippen LogP) is 3.60. The first kappa shape index (κ1) is 15.1. The van der Waals surface area contributed by atoms with Crippen LogP contribution in [-0.4, -0.2) is 22.2 Å². The smallest absolute Gasteiger partial charge is 0.292 e. The van der Waals surface area contributed by atoms with Crippen LogP contribution in [0.5, 0.6) is 0 Å². The molecule has 1 aromatic carbocycles. The largest absolute Gasteiger partial charge is 0.388 e. The summed E-state index contributed by atoms with van der Waals surface area (Å²) in [4.78, 5) is 10.5. The Morgan fingerprint density at radius 3 is 2.75 bits per heavy atom. The summed E-state index contributed by atoms with van der Waals surface area (Å²) in [5.74, 6) is 0.635. The molecule has 0 bridgehead atoms. The second kappa shape index (κ2) is 5.97. The number of nitrogens with zero attached hydrogens (tertiary/aromatic N) is 1. The second-order valence-corrected chi connectivity index (χ2v) is 6.12. The molecule has 0 aliphatic heterocycles. The average molecular weight is 299 g/mol. The number of hydrogen-bond donors (Lipinski definition) is 2. The van der Waals surface area contributed by atoms with Crippen molar-refractivity contribution in [3.63, 3.8) is 0 Å². The highest BCUT2D eigenvalue weighted by molar-refractivity contribution is 6.31. The van der Waals surface area contributed by atoms with Gasteiger partial charge in [-0.05, 0) is 43.7 Å². The molecule has 2 N–H and O–H groups in total. The first-order chi connectivity index (χ1) is 9.39. The Morgan fingerprint density at radius 1 is 1.50 bits per heavy atom. The maximum atomic E-state index is 11.0. The predicted molar refractivity (Wildman–Crippen MR) is 79.2 cm³/mol. The van der Waals surface area contributed by atoms with Gasteiger partial charge in [-0.2, -0.15) is 0 Å². The summed E-state index contributed by atoms with van der Waals surface area (Å²) in [6, 6.07) is 4.38. The topological polar surface area (TPSA) is 75.4 Å². The van der Waals surface area contributed by atoms with Gasteiger partial charge >= 0.3 is 0 Å². The molecule has 0 spiro atoms. The highest BCUT2D eigenvalue weighted by Gasteiger charge is 2.32. The molecule has 1 aromatic rings. The van der Waals surface area contributed by atoms with Gasteiger partial charge in [-0.15, -0.1) is 0 Å². The number of rotatable bonds is 4. The molecule has 0 amide bonds. The minimum atomic E-state index is -0.789. The Balaban J connectivity index is 2.07. The fourth-order valence-corrected chi connectivity index (χ4v) is 2.72. The quantitative estimate of drug-likeness (QED) is 0.658. The van der Waals surface area contributed by atoms with Gasteiger partial charge in [0, 0.05) is 17.6 Å². The maximum Gasteiger partial charge on any atom is 0.292 e. The van der Waals surface area contributed by atoms with Gasteiger partial charge in [0.1, 0.15) is 5.69 Å². The van der Waals surface area contributed by atoms with Crippen LogP contribution in [0.4, 0.5) is 11.4 Å². The van der Waals surface area contributed by atoms with Crippen molar-refractivity contribution < 1.29 is 10.0 Å². The lowest BCUT2D eigenvalue weighted by Gasteiger charge is -2.35. The molecule has 0 atom stereocenters. The molecule has 0 aromatic heterocycles. The lowest BCUT2D eigenvalue weighted by molar-refractivity contribution is -0.384. The van der Waals surface area contributed by atoms with Gasteiger partial charge in [0.05, 0.1) is 10.5 Å². The van der Waals surface area contributed by atoms with E-state index in [-0.39, 0.29) is 5.69 Å². The Hall–Kier alpha value is -1.33. The third-order valence-electron chi connectivity index (χ3n) is 3.97. The molecule has 1 fully saturated rings. The molecule has 0 radical (unpaired) electrons. The molecule has 20 heavy (non-hydrogen) atoms. The number of nitro groups is 1.